The fourth-order valence-electron chi connectivity index (χ4n) is 4.82. The second kappa shape index (κ2) is 8.36. The summed E-state index contributed by atoms with van der Waals surface area (Å²) >= 11 is 0. The molecule has 4 nitrogen and oxygen atoms in total. The molecule has 7 rings (SSSR count). The van der Waals surface area contributed by atoms with E-state index in [1.54, 1.807) is 12.4 Å². The molecule has 36 heavy (non-hydrogen) atoms. The van der Waals surface area contributed by atoms with E-state index in [0.29, 0.717) is 5.82 Å². The number of rotatable bonds is 3. The van der Waals surface area contributed by atoms with Crippen LogP contribution in [-0.2, 0) is 0 Å². The molecule has 0 amide bonds. The predicted molar refractivity (Wildman–Crippen MR) is 146 cm³/mol. The van der Waals surface area contributed by atoms with Crippen molar-refractivity contribution in [3.8, 4) is 33.8 Å². The van der Waals surface area contributed by atoms with E-state index in [0.717, 1.165) is 44.2 Å². The normalized spacial score (nSPS) is 11.3. The zero-order chi connectivity index (χ0) is 23.9. The molecule has 0 unspecified atom stereocenters. The van der Waals surface area contributed by atoms with Crippen LogP contribution in [0.2, 0.25) is 0 Å². The van der Waals surface area contributed by atoms with E-state index in [-0.39, 0.29) is 0 Å². The smallest absolute Gasteiger partial charge is 0.159 e. The third-order valence-corrected chi connectivity index (χ3v) is 6.61. The summed E-state index contributed by atoms with van der Waals surface area (Å²) < 4.78 is 0. The van der Waals surface area contributed by atoms with Gasteiger partial charge in [0.2, 0.25) is 0 Å². The molecule has 4 aromatic carbocycles. The highest BCUT2D eigenvalue weighted by Gasteiger charge is 2.12. The molecule has 0 fully saturated rings. The van der Waals surface area contributed by atoms with Crippen LogP contribution in [0.4, 0.5) is 0 Å². The Balaban J connectivity index is 1.36. The van der Waals surface area contributed by atoms with E-state index in [1.165, 1.54) is 16.3 Å². The highest BCUT2D eigenvalue weighted by molar-refractivity contribution is 6.11. The third kappa shape index (κ3) is 3.48. The summed E-state index contributed by atoms with van der Waals surface area (Å²) in [6.07, 6.45) is 5.35. The average molecular weight is 461 g/mol. The summed E-state index contributed by atoms with van der Waals surface area (Å²) in [5.74, 6) is 0.715. The van der Waals surface area contributed by atoms with Gasteiger partial charge in [-0.05, 0) is 52.2 Å². The van der Waals surface area contributed by atoms with E-state index in [9.17, 15) is 0 Å². The van der Waals surface area contributed by atoms with Crippen molar-refractivity contribution in [2.24, 2.45) is 0 Å². The fourth-order valence-corrected chi connectivity index (χ4v) is 4.82. The Kier molecular flexibility index (Phi) is 4.74. The van der Waals surface area contributed by atoms with Crippen LogP contribution in [0.25, 0.3) is 66.4 Å². The van der Waals surface area contributed by atoms with E-state index in [4.69, 9.17) is 9.97 Å². The molecule has 3 aromatic heterocycles. The fraction of sp³-hybridized carbons (Fsp3) is 0. The molecular formula is C32H20N4. The van der Waals surface area contributed by atoms with Gasteiger partial charge in [-0.2, -0.15) is 0 Å². The minimum absolute atomic E-state index is 0.715. The second-order valence-corrected chi connectivity index (χ2v) is 8.80. The van der Waals surface area contributed by atoms with E-state index in [2.05, 4.69) is 88.8 Å². The Hall–Kier alpha value is -4.96. The zero-order valence-electron chi connectivity index (χ0n) is 19.3. The SMILES string of the molecule is c1cnc(-c2ccc(-c3ccc4cc(-c5ccc6ccccc6c5)c5cccnc5c4n3)cc2)nc1. The molecule has 0 atom stereocenters. The summed E-state index contributed by atoms with van der Waals surface area (Å²) in [5, 5.41) is 4.63. The van der Waals surface area contributed by atoms with Crippen molar-refractivity contribution in [3.63, 3.8) is 0 Å². The first-order valence-electron chi connectivity index (χ1n) is 11.9. The Bertz CT molecular complexity index is 1880. The lowest BCUT2D eigenvalue weighted by Gasteiger charge is -2.12. The van der Waals surface area contributed by atoms with Crippen molar-refractivity contribution in [1.29, 1.82) is 0 Å². The van der Waals surface area contributed by atoms with Gasteiger partial charge in [0.15, 0.2) is 5.82 Å². The van der Waals surface area contributed by atoms with Crippen LogP contribution in [0.15, 0.2) is 122 Å². The molecule has 0 radical (unpaired) electrons. The number of hydrogen-bond acceptors (Lipinski definition) is 4. The zero-order valence-corrected chi connectivity index (χ0v) is 19.3. The molecule has 4 heteroatoms. The molecule has 0 aliphatic carbocycles. The molecule has 0 bridgehead atoms. The Morgan fingerprint density at radius 3 is 2.03 bits per heavy atom. The van der Waals surface area contributed by atoms with Gasteiger partial charge in [-0.3, -0.25) is 4.98 Å². The predicted octanol–water partition coefficient (Wildman–Crippen LogP) is 7.73. The third-order valence-electron chi connectivity index (χ3n) is 6.61. The van der Waals surface area contributed by atoms with Crippen LogP contribution in [0.1, 0.15) is 0 Å². The molecule has 0 aliphatic rings. The van der Waals surface area contributed by atoms with Crippen LogP contribution in [0, 0.1) is 0 Å². The quantitative estimate of drug-likeness (QED) is 0.253. The minimum atomic E-state index is 0.715. The van der Waals surface area contributed by atoms with Gasteiger partial charge < -0.3 is 0 Å². The monoisotopic (exact) mass is 460 g/mol. The molecule has 3 heterocycles. The van der Waals surface area contributed by atoms with Crippen molar-refractivity contribution < 1.29 is 0 Å². The van der Waals surface area contributed by atoms with E-state index in [1.807, 2.05) is 30.5 Å². The summed E-state index contributed by atoms with van der Waals surface area (Å²) in [4.78, 5) is 18.5. The lowest BCUT2D eigenvalue weighted by Crippen LogP contribution is -1.92. The maximum absolute atomic E-state index is 5.07. The van der Waals surface area contributed by atoms with Gasteiger partial charge in [0.1, 0.15) is 0 Å². The number of pyridine rings is 2. The Morgan fingerprint density at radius 2 is 1.17 bits per heavy atom. The van der Waals surface area contributed by atoms with Crippen molar-refractivity contribution in [1.82, 2.24) is 19.9 Å². The first-order chi connectivity index (χ1) is 17.8. The Morgan fingerprint density at radius 1 is 0.444 bits per heavy atom. The molecule has 0 aliphatic heterocycles. The van der Waals surface area contributed by atoms with Crippen LogP contribution in [-0.4, -0.2) is 19.9 Å². The largest absolute Gasteiger partial charge is 0.254 e. The lowest BCUT2D eigenvalue weighted by atomic mass is 9.95. The van der Waals surface area contributed by atoms with Gasteiger partial charge in [0, 0.05) is 40.5 Å². The summed E-state index contributed by atoms with van der Waals surface area (Å²) in [6.45, 7) is 0. The Labute approximate surface area is 208 Å². The van der Waals surface area contributed by atoms with Crippen molar-refractivity contribution in [3.05, 3.63) is 122 Å². The maximum atomic E-state index is 5.07. The van der Waals surface area contributed by atoms with Crippen LogP contribution in [0.5, 0.6) is 0 Å². The number of benzene rings is 4. The minimum Gasteiger partial charge on any atom is -0.254 e. The number of fused-ring (bicyclic) bond motifs is 4. The standard InChI is InChI=1S/C32H20N4/c1-2-6-24-19-25(13-8-21(24)5-1)28-20-26-14-15-29(36-30(26)31-27(28)7-3-16-33-31)22-9-11-23(12-10-22)32-34-17-4-18-35-32/h1-20H. The summed E-state index contributed by atoms with van der Waals surface area (Å²) in [5.41, 5.74) is 7.09. The average Bonchev–Trinajstić information content (AvgIpc) is 2.97. The summed E-state index contributed by atoms with van der Waals surface area (Å²) in [7, 11) is 0. The van der Waals surface area contributed by atoms with Gasteiger partial charge in [-0.1, -0.05) is 72.8 Å². The highest BCUT2D eigenvalue weighted by atomic mass is 14.8. The van der Waals surface area contributed by atoms with E-state index < -0.39 is 0 Å². The van der Waals surface area contributed by atoms with Gasteiger partial charge in [-0.25, -0.2) is 15.0 Å². The molecule has 0 saturated heterocycles. The lowest BCUT2D eigenvalue weighted by molar-refractivity contribution is 1.18. The molecular weight excluding hydrogens is 440 g/mol. The highest BCUT2D eigenvalue weighted by Crippen LogP contribution is 2.35. The van der Waals surface area contributed by atoms with Crippen molar-refractivity contribution in [2.75, 3.05) is 0 Å². The number of nitrogens with zero attached hydrogens (tertiary/aromatic N) is 4. The first kappa shape index (κ1) is 20.4. The van der Waals surface area contributed by atoms with E-state index >= 15 is 0 Å². The molecule has 0 saturated carbocycles. The van der Waals surface area contributed by atoms with Crippen molar-refractivity contribution >= 4 is 32.6 Å². The van der Waals surface area contributed by atoms with Crippen molar-refractivity contribution in [2.45, 2.75) is 0 Å². The van der Waals surface area contributed by atoms with Crippen LogP contribution in [0.3, 0.4) is 0 Å². The second-order valence-electron chi connectivity index (χ2n) is 8.80. The summed E-state index contributed by atoms with van der Waals surface area (Å²) in [6, 6.07) is 35.7. The molecule has 168 valence electrons. The number of hydrogen-bond donors (Lipinski definition) is 0. The van der Waals surface area contributed by atoms with Gasteiger partial charge >= 0.3 is 0 Å². The van der Waals surface area contributed by atoms with Crippen LogP contribution >= 0.6 is 0 Å². The first-order valence-corrected chi connectivity index (χ1v) is 11.9. The van der Waals surface area contributed by atoms with Gasteiger partial charge in [-0.15, -0.1) is 0 Å². The molecule has 0 N–H and O–H groups in total. The maximum Gasteiger partial charge on any atom is 0.159 e. The van der Waals surface area contributed by atoms with Gasteiger partial charge in [0.05, 0.1) is 16.7 Å². The van der Waals surface area contributed by atoms with Crippen LogP contribution < -0.4 is 0 Å². The topological polar surface area (TPSA) is 51.6 Å². The van der Waals surface area contributed by atoms with Gasteiger partial charge in [0.25, 0.3) is 0 Å². The molecule has 0 spiro atoms. The number of aromatic nitrogens is 4. The molecule has 7 aromatic rings.